The van der Waals surface area contributed by atoms with Crippen molar-refractivity contribution in [3.8, 4) is 46.2 Å². The van der Waals surface area contributed by atoms with E-state index in [1.54, 1.807) is 31.0 Å². The average Bonchev–Trinajstić information content (AvgIpc) is 3.87. The average molecular weight is 831 g/mol. The van der Waals surface area contributed by atoms with Gasteiger partial charge in [0.1, 0.15) is 34.5 Å². The van der Waals surface area contributed by atoms with Crippen LogP contribution in [0.5, 0.6) is 11.5 Å². The highest BCUT2D eigenvalue weighted by Gasteiger charge is 2.21. The number of thioether (sulfide) groups is 1. The number of nitrogens with zero attached hydrogens (tertiary/aromatic N) is 10. The van der Waals surface area contributed by atoms with E-state index in [2.05, 4.69) is 27.1 Å². The van der Waals surface area contributed by atoms with E-state index in [-0.39, 0.29) is 5.16 Å². The molecule has 0 aliphatic rings. The van der Waals surface area contributed by atoms with Crippen LogP contribution in [0.4, 0.5) is 0 Å². The summed E-state index contributed by atoms with van der Waals surface area (Å²) in [6, 6.07) is 38.6. The maximum atomic E-state index is 12.0. The quantitative estimate of drug-likeness (QED) is 0.106. The van der Waals surface area contributed by atoms with Crippen LogP contribution in [0.3, 0.4) is 0 Å². The smallest absolute Gasteiger partial charge is 0.248 e. The van der Waals surface area contributed by atoms with E-state index in [1.807, 2.05) is 114 Å². The van der Waals surface area contributed by atoms with E-state index in [0.29, 0.717) is 33.8 Å². The number of benzene rings is 4. The van der Waals surface area contributed by atoms with Gasteiger partial charge >= 0.3 is 0 Å². The molecular formula is C44H34N10O4S2. The molecule has 0 spiro atoms. The van der Waals surface area contributed by atoms with Gasteiger partial charge in [-0.25, -0.2) is 48.3 Å². The molecule has 6 heterocycles. The molecule has 0 bridgehead atoms. The molecule has 60 heavy (non-hydrogen) atoms. The number of sulfone groups is 1. The first kappa shape index (κ1) is 38.2. The first-order chi connectivity index (χ1) is 29.2. The molecule has 0 fully saturated rings. The Morgan fingerprint density at radius 2 is 1.03 bits per heavy atom. The minimum atomic E-state index is -3.58. The lowest BCUT2D eigenvalue weighted by Crippen LogP contribution is -2.08. The molecule has 0 atom stereocenters. The fourth-order valence-corrected chi connectivity index (χ4v) is 7.62. The standard InChI is InChI=1S/C22H17N5O3S.C22H17N5OS/c1-30-15-8-10-19-18(13-15)25-21(17-9-7-14-5-3-4-6-16(14)24-17)27(19)20-11-12-23-22(26-20)31(2,28)29;1-28-15-8-10-19-18(13-15)25-21(27(19)20-11-12-23-22(26-20)29-2)17-9-7-14-5-3-4-6-16(14)24-17/h3-13H,1-2H3;3-13H,1-2H3. The molecule has 0 amide bonds. The van der Waals surface area contributed by atoms with Gasteiger partial charge in [0.25, 0.3) is 0 Å². The summed E-state index contributed by atoms with van der Waals surface area (Å²) in [4.78, 5) is 36.5. The van der Waals surface area contributed by atoms with Crippen molar-refractivity contribution in [3.63, 3.8) is 0 Å². The van der Waals surface area contributed by atoms with Crippen LogP contribution in [0.2, 0.25) is 0 Å². The molecule has 0 saturated carbocycles. The number of pyridine rings is 2. The summed E-state index contributed by atoms with van der Waals surface area (Å²) in [6.07, 6.45) is 6.23. The van der Waals surface area contributed by atoms with Crippen molar-refractivity contribution in [2.24, 2.45) is 0 Å². The van der Waals surface area contributed by atoms with Crippen LogP contribution in [-0.4, -0.2) is 84.2 Å². The fourth-order valence-electron chi connectivity index (χ4n) is 6.75. The largest absolute Gasteiger partial charge is 0.497 e. The van der Waals surface area contributed by atoms with Crippen LogP contribution in [0.1, 0.15) is 0 Å². The lowest BCUT2D eigenvalue weighted by Gasteiger charge is -2.09. The number of ether oxygens (including phenoxy) is 2. The lowest BCUT2D eigenvalue weighted by molar-refractivity contribution is 0.415. The van der Waals surface area contributed by atoms with Crippen molar-refractivity contribution >= 4 is 65.5 Å². The Kier molecular flexibility index (Phi) is 10.1. The molecule has 0 unspecified atom stereocenters. The molecule has 16 heteroatoms. The molecule has 0 aliphatic carbocycles. The van der Waals surface area contributed by atoms with Crippen molar-refractivity contribution in [1.82, 2.24) is 49.0 Å². The Morgan fingerprint density at radius 3 is 1.53 bits per heavy atom. The SMILES string of the molecule is COc1ccc2c(c1)nc(-c1ccc3ccccc3n1)n2-c1ccnc(S(C)(=O)=O)n1.COc1ccc2c(c1)nc(-c1ccc3ccccc3n1)n2-c1ccnc(SC)n1. The number of hydrogen-bond acceptors (Lipinski definition) is 13. The van der Waals surface area contributed by atoms with Crippen molar-refractivity contribution in [2.45, 2.75) is 10.3 Å². The molecule has 10 rings (SSSR count). The molecule has 6 aromatic heterocycles. The van der Waals surface area contributed by atoms with Gasteiger partial charge in [0, 0.05) is 41.6 Å². The number of para-hydroxylation sites is 2. The maximum Gasteiger partial charge on any atom is 0.248 e. The molecule has 296 valence electrons. The summed E-state index contributed by atoms with van der Waals surface area (Å²) in [5.74, 6) is 3.81. The summed E-state index contributed by atoms with van der Waals surface area (Å²) < 4.78 is 38.6. The molecular weight excluding hydrogens is 797 g/mol. The second kappa shape index (κ2) is 15.8. The monoisotopic (exact) mass is 830 g/mol. The molecule has 10 aromatic rings. The van der Waals surface area contributed by atoms with Gasteiger partial charge < -0.3 is 9.47 Å². The Balaban J connectivity index is 0.000000154. The van der Waals surface area contributed by atoms with Gasteiger partial charge in [-0.3, -0.25) is 9.13 Å². The highest BCUT2D eigenvalue weighted by molar-refractivity contribution is 7.98. The van der Waals surface area contributed by atoms with E-state index in [0.717, 1.165) is 67.7 Å². The van der Waals surface area contributed by atoms with Crippen molar-refractivity contribution in [1.29, 1.82) is 0 Å². The van der Waals surface area contributed by atoms with Crippen LogP contribution in [0, 0.1) is 0 Å². The molecule has 0 radical (unpaired) electrons. The second-order valence-corrected chi connectivity index (χ2v) is 16.1. The summed E-state index contributed by atoms with van der Waals surface area (Å²) in [5.41, 5.74) is 6.33. The summed E-state index contributed by atoms with van der Waals surface area (Å²) in [7, 11) is -0.336. The van der Waals surface area contributed by atoms with Crippen LogP contribution in [0.25, 0.3) is 78.5 Å². The highest BCUT2D eigenvalue weighted by Crippen LogP contribution is 2.32. The number of imidazole rings is 2. The highest BCUT2D eigenvalue weighted by atomic mass is 32.2. The summed E-state index contributed by atoms with van der Waals surface area (Å²) in [5, 5.41) is 2.55. The van der Waals surface area contributed by atoms with Crippen molar-refractivity contribution < 1.29 is 17.9 Å². The molecule has 0 saturated heterocycles. The van der Waals surface area contributed by atoms with Crippen LogP contribution in [0.15, 0.2) is 144 Å². The van der Waals surface area contributed by atoms with E-state index < -0.39 is 9.84 Å². The topological polar surface area (TPSA) is 166 Å². The van der Waals surface area contributed by atoms with Crippen molar-refractivity contribution in [2.75, 3.05) is 26.7 Å². The van der Waals surface area contributed by atoms with E-state index >= 15 is 0 Å². The van der Waals surface area contributed by atoms with E-state index in [1.165, 1.54) is 18.0 Å². The third-order valence-corrected chi connectivity index (χ3v) is 11.0. The van der Waals surface area contributed by atoms with Gasteiger partial charge in [-0.1, -0.05) is 60.3 Å². The number of rotatable bonds is 8. The maximum absolute atomic E-state index is 12.0. The van der Waals surface area contributed by atoms with Gasteiger partial charge in [-0.05, 0) is 66.9 Å². The summed E-state index contributed by atoms with van der Waals surface area (Å²) >= 11 is 1.50. The number of fused-ring (bicyclic) bond motifs is 4. The molecule has 4 aromatic carbocycles. The predicted octanol–water partition coefficient (Wildman–Crippen LogP) is 8.20. The number of aromatic nitrogens is 10. The molecule has 14 nitrogen and oxygen atoms in total. The van der Waals surface area contributed by atoms with Crippen LogP contribution < -0.4 is 9.47 Å². The van der Waals surface area contributed by atoms with Crippen LogP contribution >= 0.6 is 11.8 Å². The van der Waals surface area contributed by atoms with Gasteiger partial charge in [-0.15, -0.1) is 0 Å². The van der Waals surface area contributed by atoms with Gasteiger partial charge in [0.15, 0.2) is 16.8 Å². The second-order valence-electron chi connectivity index (χ2n) is 13.4. The minimum Gasteiger partial charge on any atom is -0.497 e. The van der Waals surface area contributed by atoms with E-state index in [4.69, 9.17) is 34.4 Å². The van der Waals surface area contributed by atoms with Gasteiger partial charge in [0.2, 0.25) is 15.0 Å². The lowest BCUT2D eigenvalue weighted by atomic mass is 10.2. The zero-order chi connectivity index (χ0) is 41.4. The van der Waals surface area contributed by atoms with Crippen molar-refractivity contribution in [3.05, 3.63) is 134 Å². The number of hydrogen-bond donors (Lipinski definition) is 0. The van der Waals surface area contributed by atoms with Gasteiger partial charge in [0.05, 0.1) is 47.3 Å². The van der Waals surface area contributed by atoms with Crippen LogP contribution in [-0.2, 0) is 9.84 Å². The number of methoxy groups -OCH3 is 2. The Bertz CT molecular complexity index is 3350. The predicted molar refractivity (Wildman–Crippen MR) is 233 cm³/mol. The third kappa shape index (κ3) is 7.33. The Labute approximate surface area is 347 Å². The third-order valence-electron chi connectivity index (χ3n) is 9.59. The Morgan fingerprint density at radius 1 is 0.533 bits per heavy atom. The summed E-state index contributed by atoms with van der Waals surface area (Å²) in [6.45, 7) is 0. The zero-order valence-corrected chi connectivity index (χ0v) is 34.3. The first-order valence-corrected chi connectivity index (χ1v) is 21.6. The zero-order valence-electron chi connectivity index (χ0n) is 32.6. The fraction of sp³-hybridized carbons (Fsp3) is 0.0909. The van der Waals surface area contributed by atoms with E-state index in [9.17, 15) is 8.42 Å². The normalized spacial score (nSPS) is 11.5. The van der Waals surface area contributed by atoms with Gasteiger partial charge in [-0.2, -0.15) is 0 Å². The minimum absolute atomic E-state index is 0.252. The first-order valence-electron chi connectivity index (χ1n) is 18.5. The molecule has 0 N–H and O–H groups in total. The molecule has 0 aliphatic heterocycles. The Hall–Kier alpha value is -7.30.